The summed E-state index contributed by atoms with van der Waals surface area (Å²) in [6.45, 7) is 0.527. The predicted octanol–water partition coefficient (Wildman–Crippen LogP) is 2.31. The first kappa shape index (κ1) is 11.4. The van der Waals surface area contributed by atoms with E-state index in [4.69, 9.17) is 10.6 Å². The van der Waals surface area contributed by atoms with E-state index in [1.54, 1.807) is 0 Å². The van der Waals surface area contributed by atoms with Crippen LogP contribution in [-0.2, 0) is 0 Å². The van der Waals surface area contributed by atoms with Crippen molar-refractivity contribution in [3.05, 3.63) is 54.6 Å². The lowest BCUT2D eigenvalue weighted by Gasteiger charge is -2.08. The van der Waals surface area contributed by atoms with E-state index in [-0.39, 0.29) is 0 Å². The molecule has 4 nitrogen and oxygen atoms in total. The Labute approximate surface area is 100 Å². The number of anilines is 1. The Bertz CT molecular complexity index is 442. The van der Waals surface area contributed by atoms with Crippen molar-refractivity contribution in [2.75, 3.05) is 12.0 Å². The Balaban J connectivity index is 1.98. The van der Waals surface area contributed by atoms with Gasteiger partial charge < -0.3 is 10.1 Å². The van der Waals surface area contributed by atoms with E-state index < -0.39 is 0 Å². The average molecular weight is 229 g/mol. The number of ether oxygens (including phenoxy) is 1. The molecule has 0 bridgehead atoms. The molecule has 0 aliphatic carbocycles. The van der Waals surface area contributed by atoms with Crippen LogP contribution in [0.5, 0.6) is 11.5 Å². The van der Waals surface area contributed by atoms with E-state index in [0.29, 0.717) is 6.67 Å². The molecule has 2 rings (SSSR count). The summed E-state index contributed by atoms with van der Waals surface area (Å²) in [6.07, 6.45) is 0. The number of para-hydroxylation sites is 1. The van der Waals surface area contributed by atoms with Crippen molar-refractivity contribution in [2.24, 2.45) is 5.84 Å². The molecule has 0 aliphatic rings. The summed E-state index contributed by atoms with van der Waals surface area (Å²) >= 11 is 0. The van der Waals surface area contributed by atoms with Gasteiger partial charge in [0.25, 0.3) is 0 Å². The Kier molecular flexibility index (Phi) is 3.96. The van der Waals surface area contributed by atoms with Crippen LogP contribution in [-0.4, -0.2) is 6.67 Å². The molecule has 0 spiro atoms. The van der Waals surface area contributed by atoms with Gasteiger partial charge in [-0.05, 0) is 36.4 Å². The highest BCUT2D eigenvalue weighted by Gasteiger charge is 1.96. The highest BCUT2D eigenvalue weighted by molar-refractivity contribution is 5.47. The van der Waals surface area contributed by atoms with Gasteiger partial charge in [-0.1, -0.05) is 18.2 Å². The van der Waals surface area contributed by atoms with Crippen LogP contribution in [0.3, 0.4) is 0 Å². The summed E-state index contributed by atoms with van der Waals surface area (Å²) in [5.74, 6) is 6.81. The molecule has 0 radical (unpaired) electrons. The largest absolute Gasteiger partial charge is 0.457 e. The van der Waals surface area contributed by atoms with Crippen LogP contribution < -0.4 is 21.3 Å². The molecule has 0 heterocycles. The topological polar surface area (TPSA) is 59.3 Å². The van der Waals surface area contributed by atoms with Crippen molar-refractivity contribution < 1.29 is 4.74 Å². The fraction of sp³-hybridized carbons (Fsp3) is 0.0769. The Morgan fingerprint density at radius 2 is 1.53 bits per heavy atom. The van der Waals surface area contributed by atoms with Crippen LogP contribution in [0.1, 0.15) is 0 Å². The van der Waals surface area contributed by atoms with Crippen LogP contribution >= 0.6 is 0 Å². The smallest absolute Gasteiger partial charge is 0.127 e. The Morgan fingerprint density at radius 1 is 0.882 bits per heavy atom. The van der Waals surface area contributed by atoms with Gasteiger partial charge in [0.2, 0.25) is 0 Å². The third kappa shape index (κ3) is 3.48. The number of rotatable bonds is 5. The fourth-order valence-electron chi connectivity index (χ4n) is 1.42. The minimum atomic E-state index is 0.527. The zero-order valence-electron chi connectivity index (χ0n) is 9.39. The Morgan fingerprint density at radius 3 is 2.18 bits per heavy atom. The zero-order valence-corrected chi connectivity index (χ0v) is 9.39. The van der Waals surface area contributed by atoms with Gasteiger partial charge in [0.1, 0.15) is 11.5 Å². The van der Waals surface area contributed by atoms with Crippen LogP contribution in [0.25, 0.3) is 0 Å². The van der Waals surface area contributed by atoms with Crippen LogP contribution in [0, 0.1) is 0 Å². The maximum absolute atomic E-state index is 5.67. The highest BCUT2D eigenvalue weighted by Crippen LogP contribution is 2.22. The van der Waals surface area contributed by atoms with Crippen molar-refractivity contribution in [2.45, 2.75) is 0 Å². The van der Waals surface area contributed by atoms with Gasteiger partial charge in [-0.3, -0.25) is 5.84 Å². The SMILES string of the molecule is NNCNc1ccc(Oc2ccccc2)cc1. The first-order valence-electron chi connectivity index (χ1n) is 5.39. The lowest BCUT2D eigenvalue weighted by atomic mass is 10.3. The van der Waals surface area contributed by atoms with Gasteiger partial charge in [-0.25, -0.2) is 5.43 Å². The summed E-state index contributed by atoms with van der Waals surface area (Å²) in [5.41, 5.74) is 3.52. The number of hydrogen-bond donors (Lipinski definition) is 3. The van der Waals surface area contributed by atoms with Gasteiger partial charge in [-0.2, -0.15) is 0 Å². The van der Waals surface area contributed by atoms with Gasteiger partial charge in [0, 0.05) is 5.69 Å². The molecule has 0 unspecified atom stereocenters. The molecule has 4 N–H and O–H groups in total. The predicted molar refractivity (Wildman–Crippen MR) is 68.8 cm³/mol. The molecular weight excluding hydrogens is 214 g/mol. The number of nitrogens with one attached hydrogen (secondary N) is 2. The molecule has 2 aromatic carbocycles. The molecule has 4 heteroatoms. The molecule has 88 valence electrons. The van der Waals surface area contributed by atoms with Gasteiger partial charge >= 0.3 is 0 Å². The maximum atomic E-state index is 5.67. The minimum Gasteiger partial charge on any atom is -0.457 e. The lowest BCUT2D eigenvalue weighted by molar-refractivity contribution is 0.483. The van der Waals surface area contributed by atoms with E-state index >= 15 is 0 Å². The molecule has 0 saturated heterocycles. The molecule has 0 saturated carbocycles. The first-order valence-corrected chi connectivity index (χ1v) is 5.39. The molecule has 0 amide bonds. The summed E-state index contributed by atoms with van der Waals surface area (Å²) in [4.78, 5) is 0. The molecule has 17 heavy (non-hydrogen) atoms. The second kappa shape index (κ2) is 5.89. The lowest BCUT2D eigenvalue weighted by Crippen LogP contribution is -2.28. The van der Waals surface area contributed by atoms with Crippen molar-refractivity contribution in [3.8, 4) is 11.5 Å². The van der Waals surface area contributed by atoms with Crippen molar-refractivity contribution in [1.82, 2.24) is 5.43 Å². The fourth-order valence-corrected chi connectivity index (χ4v) is 1.42. The van der Waals surface area contributed by atoms with Gasteiger partial charge in [0.15, 0.2) is 0 Å². The van der Waals surface area contributed by atoms with E-state index in [0.717, 1.165) is 17.2 Å². The van der Waals surface area contributed by atoms with Crippen molar-refractivity contribution in [1.29, 1.82) is 0 Å². The number of hydrogen-bond acceptors (Lipinski definition) is 4. The Hall–Kier alpha value is -2.04. The zero-order chi connectivity index (χ0) is 11.9. The molecule has 0 atom stereocenters. The minimum absolute atomic E-state index is 0.527. The number of hydrazine groups is 1. The molecule has 2 aromatic rings. The first-order chi connectivity index (χ1) is 8.38. The van der Waals surface area contributed by atoms with Gasteiger partial charge in [-0.15, -0.1) is 0 Å². The van der Waals surface area contributed by atoms with Crippen LogP contribution in [0.15, 0.2) is 54.6 Å². The van der Waals surface area contributed by atoms with Gasteiger partial charge in [0.05, 0.1) is 6.67 Å². The second-order valence-electron chi connectivity index (χ2n) is 3.50. The molecule has 0 aromatic heterocycles. The summed E-state index contributed by atoms with van der Waals surface area (Å²) in [7, 11) is 0. The normalized spacial score (nSPS) is 9.94. The van der Waals surface area contributed by atoms with E-state index in [1.165, 1.54) is 0 Å². The molecular formula is C13H15N3O. The quantitative estimate of drug-likeness (QED) is 0.418. The highest BCUT2D eigenvalue weighted by atomic mass is 16.5. The van der Waals surface area contributed by atoms with E-state index in [1.807, 2.05) is 54.6 Å². The maximum Gasteiger partial charge on any atom is 0.127 e. The number of benzene rings is 2. The van der Waals surface area contributed by atoms with E-state index in [9.17, 15) is 0 Å². The standard InChI is InChI=1S/C13H15N3O/c14-16-10-15-11-6-8-13(9-7-11)17-12-4-2-1-3-5-12/h1-9,15-16H,10,14H2. The molecule has 0 aliphatic heterocycles. The van der Waals surface area contributed by atoms with Crippen LogP contribution in [0.2, 0.25) is 0 Å². The third-order valence-corrected chi connectivity index (χ3v) is 2.23. The summed E-state index contributed by atoms with van der Waals surface area (Å²) < 4.78 is 5.67. The van der Waals surface area contributed by atoms with E-state index in [2.05, 4.69) is 10.7 Å². The number of nitrogens with two attached hydrogens (primary N) is 1. The summed E-state index contributed by atoms with van der Waals surface area (Å²) in [6, 6.07) is 17.4. The second-order valence-corrected chi connectivity index (χ2v) is 3.50. The monoisotopic (exact) mass is 229 g/mol. The van der Waals surface area contributed by atoms with Crippen LogP contribution in [0.4, 0.5) is 5.69 Å². The van der Waals surface area contributed by atoms with Crippen molar-refractivity contribution >= 4 is 5.69 Å². The third-order valence-electron chi connectivity index (χ3n) is 2.23. The molecule has 0 fully saturated rings. The van der Waals surface area contributed by atoms with Crippen molar-refractivity contribution in [3.63, 3.8) is 0 Å². The summed E-state index contributed by atoms with van der Waals surface area (Å²) in [5, 5.41) is 3.09. The average Bonchev–Trinajstić information content (AvgIpc) is 2.39.